The predicted octanol–water partition coefficient (Wildman–Crippen LogP) is 4.35. The second kappa shape index (κ2) is 9.14. The van der Waals surface area contributed by atoms with Gasteiger partial charge in [-0.1, -0.05) is 60.7 Å². The number of amides is 2. The molecule has 27 heavy (non-hydrogen) atoms. The summed E-state index contributed by atoms with van der Waals surface area (Å²) >= 11 is 14.2. The van der Waals surface area contributed by atoms with Gasteiger partial charge in [0.05, 0.1) is 5.25 Å². The van der Waals surface area contributed by atoms with Crippen molar-refractivity contribution in [1.82, 2.24) is 9.88 Å². The third-order valence-corrected chi connectivity index (χ3v) is 7.09. The molecule has 1 aliphatic heterocycles. The van der Waals surface area contributed by atoms with Crippen LogP contribution in [0.2, 0.25) is 5.02 Å². The number of hydrogen-bond donors (Lipinski definition) is 1. The Balaban J connectivity index is 1.52. The highest BCUT2D eigenvalue weighted by molar-refractivity contribution is 8.24. The van der Waals surface area contributed by atoms with E-state index in [-0.39, 0.29) is 23.5 Å². The lowest BCUT2D eigenvalue weighted by molar-refractivity contribution is -0.126. The second-order valence-corrected chi connectivity index (χ2v) is 9.33. The van der Waals surface area contributed by atoms with E-state index < -0.39 is 0 Å². The van der Waals surface area contributed by atoms with Crippen molar-refractivity contribution in [1.29, 1.82) is 0 Å². The van der Waals surface area contributed by atoms with E-state index in [2.05, 4.69) is 10.3 Å². The highest BCUT2D eigenvalue weighted by Gasteiger charge is 2.35. The molecule has 0 radical (unpaired) electrons. The molecule has 5 nitrogen and oxygen atoms in total. The van der Waals surface area contributed by atoms with Crippen LogP contribution >= 0.6 is 46.9 Å². The van der Waals surface area contributed by atoms with Gasteiger partial charge in [0.2, 0.25) is 11.8 Å². The number of carbonyl (C=O) groups excluding carboxylic acids is 2. The summed E-state index contributed by atoms with van der Waals surface area (Å²) in [6.45, 7) is 2.25. The van der Waals surface area contributed by atoms with Gasteiger partial charge in [-0.25, -0.2) is 4.98 Å². The molecule has 0 saturated carbocycles. The van der Waals surface area contributed by atoms with E-state index in [9.17, 15) is 9.59 Å². The van der Waals surface area contributed by atoms with Crippen molar-refractivity contribution in [2.45, 2.75) is 31.4 Å². The maximum absolute atomic E-state index is 12.2. The molecular weight excluding hydrogens is 422 g/mol. The number of thioether (sulfide) groups is 1. The average molecular weight is 440 g/mol. The van der Waals surface area contributed by atoms with Gasteiger partial charge in [0, 0.05) is 35.5 Å². The first-order valence-electron chi connectivity index (χ1n) is 8.48. The molecule has 9 heteroatoms. The van der Waals surface area contributed by atoms with Crippen LogP contribution in [0.25, 0.3) is 0 Å². The fourth-order valence-corrected chi connectivity index (χ4v) is 5.16. The van der Waals surface area contributed by atoms with Crippen LogP contribution in [-0.2, 0) is 16.0 Å². The monoisotopic (exact) mass is 439 g/mol. The van der Waals surface area contributed by atoms with Gasteiger partial charge in [-0.2, -0.15) is 0 Å². The van der Waals surface area contributed by atoms with E-state index in [1.165, 1.54) is 28.0 Å². The fraction of sp³-hybridized carbons (Fsp3) is 0.333. The molecule has 0 spiro atoms. The second-order valence-electron chi connectivity index (χ2n) is 5.97. The quantitative estimate of drug-likeness (QED) is 0.649. The van der Waals surface area contributed by atoms with Crippen LogP contribution in [-0.4, -0.2) is 37.8 Å². The lowest BCUT2D eigenvalue weighted by atomic mass is 10.1. The summed E-state index contributed by atoms with van der Waals surface area (Å²) < 4.78 is 0.552. The Labute approximate surface area is 176 Å². The Morgan fingerprint density at radius 3 is 2.89 bits per heavy atom. The number of anilines is 1. The van der Waals surface area contributed by atoms with Gasteiger partial charge >= 0.3 is 0 Å². The third kappa shape index (κ3) is 5.07. The topological polar surface area (TPSA) is 62.3 Å². The van der Waals surface area contributed by atoms with Gasteiger partial charge in [-0.3, -0.25) is 14.5 Å². The molecule has 1 unspecified atom stereocenters. The summed E-state index contributed by atoms with van der Waals surface area (Å²) in [5, 5.41) is 3.92. The zero-order chi connectivity index (χ0) is 19.4. The normalized spacial score (nSPS) is 16.8. The number of thiazole rings is 1. The summed E-state index contributed by atoms with van der Waals surface area (Å²) in [6.07, 6.45) is 3.33. The van der Waals surface area contributed by atoms with E-state index in [0.29, 0.717) is 27.4 Å². The number of rotatable bonds is 7. The van der Waals surface area contributed by atoms with Crippen molar-refractivity contribution < 1.29 is 9.59 Å². The number of nitrogens with zero attached hydrogens (tertiary/aromatic N) is 2. The third-order valence-electron chi connectivity index (χ3n) is 4.06. The minimum absolute atomic E-state index is 0.00317. The molecule has 142 valence electrons. The zero-order valence-corrected chi connectivity index (χ0v) is 17.8. The van der Waals surface area contributed by atoms with E-state index >= 15 is 0 Å². The first-order valence-corrected chi connectivity index (χ1v) is 11.0. The maximum Gasteiger partial charge on any atom is 0.241 e. The van der Waals surface area contributed by atoms with Crippen LogP contribution in [0.15, 0.2) is 30.5 Å². The summed E-state index contributed by atoms with van der Waals surface area (Å²) in [7, 11) is 0. The number of thiocarbonyl (C=S) groups is 1. The van der Waals surface area contributed by atoms with E-state index in [4.69, 9.17) is 23.8 Å². The van der Waals surface area contributed by atoms with Gasteiger partial charge in [0.25, 0.3) is 0 Å². The molecule has 2 aromatic rings. The summed E-state index contributed by atoms with van der Waals surface area (Å²) in [6, 6.07) is 7.66. The Hall–Kier alpha value is -1.48. The summed E-state index contributed by atoms with van der Waals surface area (Å²) in [5.41, 5.74) is 1.02. The smallest absolute Gasteiger partial charge is 0.241 e. The predicted molar refractivity (Wildman–Crippen MR) is 116 cm³/mol. The number of carbonyl (C=O) groups is 2. The number of nitrogens with one attached hydrogen (secondary N) is 1. The van der Waals surface area contributed by atoms with E-state index in [1.807, 2.05) is 31.2 Å². The molecule has 0 bridgehead atoms. The maximum atomic E-state index is 12.2. The lowest BCUT2D eigenvalue weighted by Crippen LogP contribution is -2.33. The van der Waals surface area contributed by atoms with Crippen molar-refractivity contribution in [3.05, 3.63) is 45.9 Å². The van der Waals surface area contributed by atoms with Crippen LogP contribution in [0, 0.1) is 0 Å². The molecule has 3 rings (SSSR count). The van der Waals surface area contributed by atoms with Crippen LogP contribution in [0.4, 0.5) is 5.13 Å². The first-order chi connectivity index (χ1) is 13.0. The fourth-order valence-electron chi connectivity index (χ4n) is 2.63. The molecule has 0 aliphatic carbocycles. The van der Waals surface area contributed by atoms with Crippen LogP contribution in [0.3, 0.4) is 0 Å². The van der Waals surface area contributed by atoms with Gasteiger partial charge in [-0.15, -0.1) is 11.3 Å². The van der Waals surface area contributed by atoms with Crippen molar-refractivity contribution in [3.8, 4) is 0 Å². The van der Waals surface area contributed by atoms with E-state index in [0.717, 1.165) is 16.9 Å². The van der Waals surface area contributed by atoms with Crippen LogP contribution < -0.4 is 5.32 Å². The Kier molecular flexibility index (Phi) is 6.86. The Morgan fingerprint density at radius 1 is 1.41 bits per heavy atom. The van der Waals surface area contributed by atoms with Gasteiger partial charge in [-0.05, 0) is 18.1 Å². The minimum Gasteiger partial charge on any atom is -0.302 e. The number of halogens is 1. The molecule has 1 aromatic carbocycles. The Morgan fingerprint density at radius 2 is 2.19 bits per heavy atom. The number of benzene rings is 1. The molecule has 1 aromatic heterocycles. The molecular formula is C18H18ClN3O2S3. The minimum atomic E-state index is -0.186. The molecule has 1 fully saturated rings. The van der Waals surface area contributed by atoms with Gasteiger partial charge in [0.15, 0.2) is 5.13 Å². The molecule has 1 aliphatic rings. The average Bonchev–Trinajstić information content (AvgIpc) is 3.19. The van der Waals surface area contributed by atoms with Crippen LogP contribution in [0.1, 0.15) is 30.2 Å². The summed E-state index contributed by atoms with van der Waals surface area (Å²) in [4.78, 5) is 31.2. The zero-order valence-electron chi connectivity index (χ0n) is 14.6. The van der Waals surface area contributed by atoms with Crippen molar-refractivity contribution in [2.24, 2.45) is 0 Å². The number of aromatic nitrogens is 1. The summed E-state index contributed by atoms with van der Waals surface area (Å²) in [5.74, 6) is -0.189. The molecule has 1 atom stereocenters. The van der Waals surface area contributed by atoms with Crippen molar-refractivity contribution in [3.63, 3.8) is 0 Å². The Bertz CT molecular complexity index is 871. The van der Waals surface area contributed by atoms with Gasteiger partial charge in [0.1, 0.15) is 4.32 Å². The highest BCUT2D eigenvalue weighted by Crippen LogP contribution is 2.29. The van der Waals surface area contributed by atoms with Crippen molar-refractivity contribution in [2.75, 3.05) is 11.9 Å². The SMILES string of the molecule is CCC1SC(=S)N(CCC(=O)Nc2ncc(Cc3ccccc3Cl)s2)C1=O. The van der Waals surface area contributed by atoms with E-state index in [1.54, 1.807) is 6.20 Å². The largest absolute Gasteiger partial charge is 0.302 e. The molecule has 2 heterocycles. The number of hydrogen-bond acceptors (Lipinski definition) is 6. The lowest BCUT2D eigenvalue weighted by Gasteiger charge is -2.14. The first kappa shape index (κ1) is 20.3. The van der Waals surface area contributed by atoms with Gasteiger partial charge < -0.3 is 5.32 Å². The molecule has 1 N–H and O–H groups in total. The molecule has 1 saturated heterocycles. The van der Waals surface area contributed by atoms with Crippen LogP contribution in [0.5, 0.6) is 0 Å². The standard InChI is InChI=1S/C18H18ClN3O2S3/c1-2-14-16(24)22(18(25)27-14)8-7-15(23)21-17-20-10-12(26-17)9-11-5-3-4-6-13(11)19/h3-6,10,14H,2,7-9H2,1H3,(H,20,21,23). The highest BCUT2D eigenvalue weighted by atomic mass is 35.5. The molecule has 2 amide bonds. The van der Waals surface area contributed by atoms with Crippen molar-refractivity contribution >= 4 is 68.2 Å².